The van der Waals surface area contributed by atoms with Gasteiger partial charge in [-0.1, -0.05) is 60.2 Å². The van der Waals surface area contributed by atoms with Gasteiger partial charge >= 0.3 is 0 Å². The summed E-state index contributed by atoms with van der Waals surface area (Å²) in [6, 6.07) is 27.5. The minimum absolute atomic E-state index is 0.0245. The SMILES string of the molecule is COc1ccc(S(=O)(=O)N(CC(=O)N[C@@H](c2ccccc2)c2ccc(C)cc2)c2ccc(F)cc2)cc1. The van der Waals surface area contributed by atoms with Gasteiger partial charge in [-0.15, -0.1) is 0 Å². The highest BCUT2D eigenvalue weighted by Gasteiger charge is 2.28. The van der Waals surface area contributed by atoms with Crippen molar-refractivity contribution in [1.29, 1.82) is 0 Å². The normalized spacial score (nSPS) is 12.0. The number of hydrogen-bond donors (Lipinski definition) is 1. The Kier molecular flexibility index (Phi) is 7.89. The third-order valence-electron chi connectivity index (χ3n) is 5.90. The zero-order valence-corrected chi connectivity index (χ0v) is 21.3. The zero-order valence-electron chi connectivity index (χ0n) is 20.5. The lowest BCUT2D eigenvalue weighted by atomic mass is 9.98. The standard InChI is InChI=1S/C29H27FN2O4S/c1-21-8-10-23(11-9-21)29(22-6-4-3-5-7-22)31-28(33)20-32(25-14-12-24(30)13-15-25)37(34,35)27-18-16-26(36-2)17-19-27/h3-19,29H,20H2,1-2H3,(H,31,33)/t29-/m0/s1. The van der Waals surface area contributed by atoms with Gasteiger partial charge in [0.1, 0.15) is 18.1 Å². The van der Waals surface area contributed by atoms with Crippen LogP contribution in [0.5, 0.6) is 5.75 Å². The highest BCUT2D eigenvalue weighted by Crippen LogP contribution is 2.27. The van der Waals surface area contributed by atoms with Crippen molar-refractivity contribution < 1.29 is 22.3 Å². The number of carbonyl (C=O) groups excluding carboxylic acids is 1. The van der Waals surface area contributed by atoms with Gasteiger partial charge in [0.05, 0.1) is 23.7 Å². The molecule has 0 radical (unpaired) electrons. The smallest absolute Gasteiger partial charge is 0.264 e. The average Bonchev–Trinajstić information content (AvgIpc) is 2.92. The van der Waals surface area contributed by atoms with Crippen molar-refractivity contribution in [3.05, 3.63) is 126 Å². The maximum atomic E-state index is 13.6. The number of amides is 1. The van der Waals surface area contributed by atoms with Crippen molar-refractivity contribution in [1.82, 2.24) is 5.32 Å². The molecule has 0 saturated carbocycles. The van der Waals surface area contributed by atoms with Crippen LogP contribution in [0.15, 0.2) is 108 Å². The Balaban J connectivity index is 1.67. The van der Waals surface area contributed by atoms with Crippen LogP contribution in [0.25, 0.3) is 0 Å². The van der Waals surface area contributed by atoms with Crippen molar-refractivity contribution in [2.24, 2.45) is 0 Å². The fourth-order valence-corrected chi connectivity index (χ4v) is 5.32. The van der Waals surface area contributed by atoms with Crippen LogP contribution < -0.4 is 14.4 Å². The fraction of sp³-hybridized carbons (Fsp3) is 0.138. The molecule has 1 atom stereocenters. The topological polar surface area (TPSA) is 75.7 Å². The maximum Gasteiger partial charge on any atom is 0.264 e. The molecule has 0 heterocycles. The van der Waals surface area contributed by atoms with Crippen LogP contribution in [-0.4, -0.2) is 28.0 Å². The van der Waals surface area contributed by atoms with Crippen molar-refractivity contribution in [3.8, 4) is 5.75 Å². The summed E-state index contributed by atoms with van der Waals surface area (Å²) in [5.41, 5.74) is 2.96. The Bertz CT molecular complexity index is 1440. The summed E-state index contributed by atoms with van der Waals surface area (Å²) in [5.74, 6) is -0.539. The van der Waals surface area contributed by atoms with Gasteiger partial charge < -0.3 is 10.1 Å². The second-order valence-electron chi connectivity index (χ2n) is 8.49. The molecular formula is C29H27FN2O4S. The average molecular weight is 519 g/mol. The summed E-state index contributed by atoms with van der Waals surface area (Å²) >= 11 is 0. The Morgan fingerprint density at radius 1 is 0.865 bits per heavy atom. The molecule has 8 heteroatoms. The van der Waals surface area contributed by atoms with Gasteiger partial charge in [-0.2, -0.15) is 0 Å². The number of nitrogens with one attached hydrogen (secondary N) is 1. The van der Waals surface area contributed by atoms with E-state index in [-0.39, 0.29) is 10.6 Å². The van der Waals surface area contributed by atoms with Crippen LogP contribution in [0.3, 0.4) is 0 Å². The monoisotopic (exact) mass is 518 g/mol. The molecule has 1 amide bonds. The molecule has 4 rings (SSSR count). The summed E-state index contributed by atoms with van der Waals surface area (Å²) in [6.07, 6.45) is 0. The molecule has 37 heavy (non-hydrogen) atoms. The zero-order chi connectivity index (χ0) is 26.4. The third-order valence-corrected chi connectivity index (χ3v) is 7.69. The number of carbonyl (C=O) groups is 1. The lowest BCUT2D eigenvalue weighted by Gasteiger charge is -2.26. The van der Waals surface area contributed by atoms with Gasteiger partial charge in [-0.3, -0.25) is 9.10 Å². The molecule has 0 unspecified atom stereocenters. The molecule has 0 aliphatic carbocycles. The molecule has 0 aliphatic rings. The maximum absolute atomic E-state index is 13.6. The van der Waals surface area contributed by atoms with E-state index >= 15 is 0 Å². The van der Waals surface area contributed by atoms with Crippen molar-refractivity contribution in [3.63, 3.8) is 0 Å². The lowest BCUT2D eigenvalue weighted by molar-refractivity contribution is -0.120. The molecule has 0 bridgehead atoms. The summed E-state index contributed by atoms with van der Waals surface area (Å²) < 4.78 is 47.0. The Hall–Kier alpha value is -4.17. The molecule has 0 aromatic heterocycles. The number of methoxy groups -OCH3 is 1. The first-order valence-corrected chi connectivity index (χ1v) is 13.0. The molecule has 0 aliphatic heterocycles. The van der Waals surface area contributed by atoms with Crippen LogP contribution in [0.1, 0.15) is 22.7 Å². The molecule has 0 saturated heterocycles. The van der Waals surface area contributed by atoms with Crippen LogP contribution in [0, 0.1) is 12.7 Å². The molecular weight excluding hydrogens is 491 g/mol. The van der Waals surface area contributed by atoms with E-state index in [0.29, 0.717) is 5.75 Å². The van der Waals surface area contributed by atoms with Crippen molar-refractivity contribution in [2.75, 3.05) is 18.0 Å². The third kappa shape index (κ3) is 6.16. The van der Waals surface area contributed by atoms with E-state index in [4.69, 9.17) is 4.74 Å². The number of nitrogens with zero attached hydrogens (tertiary/aromatic N) is 1. The second kappa shape index (κ2) is 11.3. The van der Waals surface area contributed by atoms with Crippen molar-refractivity contribution >= 4 is 21.6 Å². The van der Waals surface area contributed by atoms with Crippen molar-refractivity contribution in [2.45, 2.75) is 17.9 Å². The van der Waals surface area contributed by atoms with E-state index < -0.39 is 34.3 Å². The number of hydrogen-bond acceptors (Lipinski definition) is 4. The first-order chi connectivity index (χ1) is 17.8. The fourth-order valence-electron chi connectivity index (χ4n) is 3.90. The van der Waals surface area contributed by atoms with Gasteiger partial charge in [-0.25, -0.2) is 12.8 Å². The first kappa shape index (κ1) is 25.9. The predicted octanol–water partition coefficient (Wildman–Crippen LogP) is 5.24. The van der Waals surface area contributed by atoms with Gasteiger partial charge in [-0.05, 0) is 66.6 Å². The number of aryl methyl sites for hydroxylation is 1. The molecule has 190 valence electrons. The van der Waals surface area contributed by atoms with Gasteiger partial charge in [0.15, 0.2) is 0 Å². The number of rotatable bonds is 9. The molecule has 4 aromatic rings. The van der Waals surface area contributed by atoms with Crippen LogP contribution in [-0.2, 0) is 14.8 Å². The van der Waals surface area contributed by atoms with E-state index in [9.17, 15) is 17.6 Å². The largest absolute Gasteiger partial charge is 0.497 e. The van der Waals surface area contributed by atoms with E-state index in [1.165, 1.54) is 43.5 Å². The quantitative estimate of drug-likeness (QED) is 0.329. The summed E-state index contributed by atoms with van der Waals surface area (Å²) in [5, 5.41) is 2.98. The number of sulfonamides is 1. The number of halogens is 1. The van der Waals surface area contributed by atoms with E-state index in [2.05, 4.69) is 5.32 Å². The lowest BCUT2D eigenvalue weighted by Crippen LogP contribution is -2.42. The summed E-state index contributed by atoms with van der Waals surface area (Å²) in [6.45, 7) is 1.47. The minimum Gasteiger partial charge on any atom is -0.497 e. The Morgan fingerprint density at radius 3 is 2.05 bits per heavy atom. The molecule has 1 N–H and O–H groups in total. The van der Waals surface area contributed by atoms with Gasteiger partial charge in [0, 0.05) is 0 Å². The number of benzene rings is 4. The predicted molar refractivity (Wildman–Crippen MR) is 142 cm³/mol. The Labute approximate surface area is 216 Å². The van der Waals surface area contributed by atoms with E-state index in [1.807, 2.05) is 61.5 Å². The summed E-state index contributed by atoms with van der Waals surface area (Å²) in [4.78, 5) is 13.4. The van der Waals surface area contributed by atoms with Crippen LogP contribution in [0.4, 0.5) is 10.1 Å². The number of ether oxygens (including phenoxy) is 1. The minimum atomic E-state index is -4.16. The molecule has 0 spiro atoms. The molecule has 0 fully saturated rings. The van der Waals surface area contributed by atoms with Gasteiger partial charge in [0.25, 0.3) is 10.0 Å². The van der Waals surface area contributed by atoms with Crippen LogP contribution >= 0.6 is 0 Å². The highest BCUT2D eigenvalue weighted by molar-refractivity contribution is 7.92. The Morgan fingerprint density at radius 2 is 1.46 bits per heavy atom. The molecule has 4 aromatic carbocycles. The second-order valence-corrected chi connectivity index (χ2v) is 10.3. The number of anilines is 1. The van der Waals surface area contributed by atoms with Gasteiger partial charge in [0.2, 0.25) is 5.91 Å². The van der Waals surface area contributed by atoms with E-state index in [0.717, 1.165) is 33.1 Å². The molecule has 6 nitrogen and oxygen atoms in total. The highest BCUT2D eigenvalue weighted by atomic mass is 32.2. The first-order valence-electron chi connectivity index (χ1n) is 11.6. The van der Waals surface area contributed by atoms with Crippen LogP contribution in [0.2, 0.25) is 0 Å². The van der Waals surface area contributed by atoms with E-state index in [1.54, 1.807) is 0 Å². The summed E-state index contributed by atoms with van der Waals surface area (Å²) in [7, 11) is -2.68.